The van der Waals surface area contributed by atoms with Crippen LogP contribution in [0, 0.1) is 12.7 Å². The van der Waals surface area contributed by atoms with Crippen molar-refractivity contribution < 1.29 is 4.39 Å². The normalized spacial score (nSPS) is 10.8. The van der Waals surface area contributed by atoms with Crippen molar-refractivity contribution in [2.45, 2.75) is 19.9 Å². The number of hydrogen-bond acceptors (Lipinski definition) is 2. The summed E-state index contributed by atoms with van der Waals surface area (Å²) in [5, 5.41) is 6.39. The molecule has 1 heterocycles. The first-order valence-electron chi connectivity index (χ1n) is 7.29. The number of aliphatic imine (C=N–C) groups is 1. The van der Waals surface area contributed by atoms with Crippen LogP contribution >= 0.6 is 24.0 Å². The quantitative estimate of drug-likeness (QED) is 0.438. The van der Waals surface area contributed by atoms with Crippen molar-refractivity contribution in [3.05, 3.63) is 65.2 Å². The minimum absolute atomic E-state index is 0. The van der Waals surface area contributed by atoms with Gasteiger partial charge in [0.2, 0.25) is 0 Å². The number of nitrogens with zero attached hydrogens (tertiary/aromatic N) is 2. The Kier molecular flexibility index (Phi) is 8.53. The van der Waals surface area contributed by atoms with Gasteiger partial charge in [-0.15, -0.1) is 24.0 Å². The Morgan fingerprint density at radius 1 is 1.17 bits per heavy atom. The van der Waals surface area contributed by atoms with E-state index < -0.39 is 0 Å². The van der Waals surface area contributed by atoms with E-state index in [9.17, 15) is 4.39 Å². The highest BCUT2D eigenvalue weighted by molar-refractivity contribution is 14.0. The minimum Gasteiger partial charge on any atom is -0.356 e. The fourth-order valence-electron chi connectivity index (χ4n) is 2.11. The molecule has 0 amide bonds. The lowest BCUT2D eigenvalue weighted by Crippen LogP contribution is -2.38. The van der Waals surface area contributed by atoms with Crippen LogP contribution < -0.4 is 10.6 Å². The first-order chi connectivity index (χ1) is 10.7. The topological polar surface area (TPSA) is 49.3 Å². The first-order valence-corrected chi connectivity index (χ1v) is 7.29. The Balaban J connectivity index is 0.00000264. The van der Waals surface area contributed by atoms with E-state index in [1.54, 1.807) is 25.4 Å². The van der Waals surface area contributed by atoms with Crippen molar-refractivity contribution in [1.82, 2.24) is 15.6 Å². The summed E-state index contributed by atoms with van der Waals surface area (Å²) < 4.78 is 13.5. The van der Waals surface area contributed by atoms with Crippen LogP contribution in [0.2, 0.25) is 0 Å². The molecule has 0 saturated carbocycles. The molecule has 0 fully saturated rings. The van der Waals surface area contributed by atoms with E-state index in [-0.39, 0.29) is 29.8 Å². The van der Waals surface area contributed by atoms with Gasteiger partial charge in [0.25, 0.3) is 0 Å². The number of aromatic nitrogens is 1. The molecule has 0 aliphatic rings. The van der Waals surface area contributed by atoms with Gasteiger partial charge >= 0.3 is 0 Å². The Hall–Kier alpha value is -1.70. The predicted octanol–water partition coefficient (Wildman–Crippen LogP) is 3.05. The summed E-state index contributed by atoms with van der Waals surface area (Å²) in [7, 11) is 1.71. The van der Waals surface area contributed by atoms with Gasteiger partial charge in [-0.3, -0.25) is 9.98 Å². The van der Waals surface area contributed by atoms with Gasteiger partial charge in [0.05, 0.1) is 12.2 Å². The van der Waals surface area contributed by atoms with E-state index in [0.717, 1.165) is 11.3 Å². The molecule has 1 aromatic heterocycles. The Morgan fingerprint density at radius 3 is 2.65 bits per heavy atom. The van der Waals surface area contributed by atoms with Crippen molar-refractivity contribution >= 4 is 29.9 Å². The standard InChI is InChI=1S/C17H21FN4.HI/c1-13-6-5-10-20-16(13)12-22-17(19-2)21-11-9-14-7-3-4-8-15(14)18;/h3-8,10H,9,11-12H2,1-2H3,(H2,19,21,22);1H. The average Bonchev–Trinajstić information content (AvgIpc) is 2.54. The van der Waals surface area contributed by atoms with Gasteiger partial charge in [-0.1, -0.05) is 24.3 Å². The molecule has 23 heavy (non-hydrogen) atoms. The zero-order valence-corrected chi connectivity index (χ0v) is 15.7. The van der Waals surface area contributed by atoms with Gasteiger partial charge in [0.15, 0.2) is 5.96 Å². The lowest BCUT2D eigenvalue weighted by molar-refractivity contribution is 0.606. The molecule has 0 saturated heterocycles. The van der Waals surface area contributed by atoms with Crippen LogP contribution in [0.25, 0.3) is 0 Å². The maximum atomic E-state index is 13.5. The van der Waals surface area contributed by atoms with Crippen LogP contribution in [0.15, 0.2) is 47.6 Å². The summed E-state index contributed by atoms with van der Waals surface area (Å²) in [5.41, 5.74) is 2.82. The van der Waals surface area contributed by atoms with Gasteiger partial charge < -0.3 is 10.6 Å². The molecule has 0 unspecified atom stereocenters. The fraction of sp³-hybridized carbons (Fsp3) is 0.294. The lowest BCUT2D eigenvalue weighted by Gasteiger charge is -2.12. The summed E-state index contributed by atoms with van der Waals surface area (Å²) >= 11 is 0. The average molecular weight is 428 g/mol. The fourth-order valence-corrected chi connectivity index (χ4v) is 2.11. The van der Waals surface area contributed by atoms with E-state index in [4.69, 9.17) is 0 Å². The summed E-state index contributed by atoms with van der Waals surface area (Å²) in [4.78, 5) is 8.49. The summed E-state index contributed by atoms with van der Waals surface area (Å²) in [6.07, 6.45) is 2.38. The number of hydrogen-bond donors (Lipinski definition) is 2. The van der Waals surface area contributed by atoms with Crippen LogP contribution in [0.1, 0.15) is 16.8 Å². The van der Waals surface area contributed by atoms with Crippen LogP contribution in [0.5, 0.6) is 0 Å². The first kappa shape index (κ1) is 19.3. The van der Waals surface area contributed by atoms with Crippen molar-refractivity contribution in [2.75, 3.05) is 13.6 Å². The van der Waals surface area contributed by atoms with Crippen molar-refractivity contribution in [3.8, 4) is 0 Å². The van der Waals surface area contributed by atoms with E-state index in [0.29, 0.717) is 31.0 Å². The summed E-state index contributed by atoms with van der Waals surface area (Å²) in [6, 6.07) is 10.8. The number of halogens is 2. The molecule has 2 N–H and O–H groups in total. The molecule has 6 heteroatoms. The smallest absolute Gasteiger partial charge is 0.191 e. The summed E-state index contributed by atoms with van der Waals surface area (Å²) in [5.74, 6) is 0.512. The second kappa shape index (κ2) is 10.1. The van der Waals surface area contributed by atoms with Crippen molar-refractivity contribution in [3.63, 3.8) is 0 Å². The second-order valence-corrected chi connectivity index (χ2v) is 4.96. The molecule has 124 valence electrons. The predicted molar refractivity (Wildman–Crippen MR) is 103 cm³/mol. The SMILES string of the molecule is CN=C(NCCc1ccccc1F)NCc1ncccc1C.I. The molecule has 0 atom stereocenters. The maximum Gasteiger partial charge on any atom is 0.191 e. The van der Waals surface area contributed by atoms with Gasteiger partial charge in [-0.05, 0) is 36.6 Å². The van der Waals surface area contributed by atoms with Crippen LogP contribution in [-0.4, -0.2) is 24.5 Å². The summed E-state index contributed by atoms with van der Waals surface area (Å²) in [6.45, 7) is 3.24. The number of nitrogens with one attached hydrogen (secondary N) is 2. The third kappa shape index (κ3) is 6.13. The van der Waals surface area contributed by atoms with E-state index in [2.05, 4.69) is 20.6 Å². The Labute approximate surface area is 153 Å². The number of aryl methyl sites for hydroxylation is 1. The highest BCUT2D eigenvalue weighted by Gasteiger charge is 2.03. The van der Waals surface area contributed by atoms with E-state index in [1.807, 2.05) is 25.1 Å². The lowest BCUT2D eigenvalue weighted by atomic mass is 10.1. The molecule has 0 bridgehead atoms. The minimum atomic E-state index is -0.170. The molecule has 0 aliphatic heterocycles. The van der Waals surface area contributed by atoms with Crippen LogP contribution in [0.4, 0.5) is 4.39 Å². The highest BCUT2D eigenvalue weighted by Crippen LogP contribution is 2.06. The molecule has 4 nitrogen and oxygen atoms in total. The van der Waals surface area contributed by atoms with Gasteiger partial charge in [-0.2, -0.15) is 0 Å². The Bertz CT molecular complexity index is 646. The van der Waals surface area contributed by atoms with Crippen LogP contribution in [0.3, 0.4) is 0 Å². The third-order valence-corrected chi connectivity index (χ3v) is 3.41. The molecule has 2 rings (SSSR count). The van der Waals surface area contributed by atoms with E-state index >= 15 is 0 Å². The van der Waals surface area contributed by atoms with Gasteiger partial charge in [0, 0.05) is 19.8 Å². The maximum absolute atomic E-state index is 13.5. The van der Waals surface area contributed by atoms with Gasteiger partial charge in [-0.25, -0.2) is 4.39 Å². The molecule has 0 radical (unpaired) electrons. The third-order valence-electron chi connectivity index (χ3n) is 3.41. The molecule has 0 spiro atoms. The number of pyridine rings is 1. The number of guanidine groups is 1. The Morgan fingerprint density at radius 2 is 1.96 bits per heavy atom. The molecule has 2 aromatic rings. The highest BCUT2D eigenvalue weighted by atomic mass is 127. The molecular formula is C17H22FIN4. The molecule has 0 aliphatic carbocycles. The zero-order chi connectivity index (χ0) is 15.8. The van der Waals surface area contributed by atoms with Crippen LogP contribution in [-0.2, 0) is 13.0 Å². The molecule has 1 aromatic carbocycles. The number of benzene rings is 1. The monoisotopic (exact) mass is 428 g/mol. The van der Waals surface area contributed by atoms with Crippen molar-refractivity contribution in [1.29, 1.82) is 0 Å². The van der Waals surface area contributed by atoms with E-state index in [1.165, 1.54) is 6.07 Å². The number of rotatable bonds is 5. The molecular weight excluding hydrogens is 406 g/mol. The zero-order valence-electron chi connectivity index (χ0n) is 13.3. The van der Waals surface area contributed by atoms with Crippen molar-refractivity contribution in [2.24, 2.45) is 4.99 Å². The van der Waals surface area contributed by atoms with Gasteiger partial charge in [0.1, 0.15) is 5.82 Å². The largest absolute Gasteiger partial charge is 0.356 e. The second-order valence-electron chi connectivity index (χ2n) is 4.96.